The Hall–Kier alpha value is -0.0500. The van der Waals surface area contributed by atoms with Crippen molar-refractivity contribution < 1.29 is 0 Å². The fourth-order valence-corrected chi connectivity index (χ4v) is 2.19. The molecule has 0 unspecified atom stereocenters. The zero-order valence-electron chi connectivity index (χ0n) is 6.48. The van der Waals surface area contributed by atoms with E-state index in [2.05, 4.69) is 22.0 Å². The van der Waals surface area contributed by atoms with Crippen LogP contribution in [0.2, 0.25) is 5.02 Å². The second-order valence-corrected chi connectivity index (χ2v) is 4.37. The Morgan fingerprint density at radius 1 is 1.50 bits per heavy atom. The molecule has 0 heterocycles. The SMILES string of the molecule is N[C@H]1CCc2cc(Br)c(Cl)cc21. The molecule has 0 bridgehead atoms. The third-order valence-corrected chi connectivity index (χ3v) is 3.50. The van der Waals surface area contributed by atoms with Crippen LogP contribution in [0.1, 0.15) is 23.6 Å². The Morgan fingerprint density at radius 2 is 2.25 bits per heavy atom. The molecule has 0 saturated carbocycles. The van der Waals surface area contributed by atoms with E-state index in [1.54, 1.807) is 0 Å². The van der Waals surface area contributed by atoms with Gasteiger partial charge in [0.25, 0.3) is 0 Å². The molecule has 0 saturated heterocycles. The number of halogens is 2. The van der Waals surface area contributed by atoms with E-state index >= 15 is 0 Å². The first kappa shape index (κ1) is 8.54. The van der Waals surface area contributed by atoms with Crippen molar-refractivity contribution in [2.24, 2.45) is 5.73 Å². The second kappa shape index (κ2) is 3.02. The Bertz CT molecular complexity index is 325. The van der Waals surface area contributed by atoms with Gasteiger partial charge in [-0.05, 0) is 52.0 Å². The molecule has 0 spiro atoms. The van der Waals surface area contributed by atoms with Gasteiger partial charge in [0, 0.05) is 10.5 Å². The molecule has 0 fully saturated rings. The summed E-state index contributed by atoms with van der Waals surface area (Å²) in [5.41, 5.74) is 8.43. The van der Waals surface area contributed by atoms with Crippen LogP contribution in [0, 0.1) is 0 Å². The molecule has 1 aromatic rings. The van der Waals surface area contributed by atoms with E-state index < -0.39 is 0 Å². The van der Waals surface area contributed by atoms with E-state index in [1.807, 2.05) is 6.07 Å². The lowest BCUT2D eigenvalue weighted by Crippen LogP contribution is -2.04. The summed E-state index contributed by atoms with van der Waals surface area (Å²) >= 11 is 9.35. The Morgan fingerprint density at radius 3 is 3.00 bits per heavy atom. The number of aryl methyl sites for hydroxylation is 1. The molecule has 1 nitrogen and oxygen atoms in total. The molecule has 2 N–H and O–H groups in total. The summed E-state index contributed by atoms with van der Waals surface area (Å²) < 4.78 is 0.969. The van der Waals surface area contributed by atoms with Crippen LogP contribution in [0.15, 0.2) is 16.6 Å². The van der Waals surface area contributed by atoms with Crippen molar-refractivity contribution in [2.75, 3.05) is 0 Å². The number of hydrogen-bond acceptors (Lipinski definition) is 1. The second-order valence-electron chi connectivity index (χ2n) is 3.11. The fourth-order valence-electron chi connectivity index (χ4n) is 1.63. The molecule has 12 heavy (non-hydrogen) atoms. The molecule has 2 rings (SSSR count). The quantitative estimate of drug-likeness (QED) is 0.748. The van der Waals surface area contributed by atoms with E-state index in [0.29, 0.717) is 0 Å². The summed E-state index contributed by atoms with van der Waals surface area (Å²) in [5.74, 6) is 0. The van der Waals surface area contributed by atoms with Crippen LogP contribution in [0.3, 0.4) is 0 Å². The molecule has 0 aromatic heterocycles. The molecule has 64 valence electrons. The van der Waals surface area contributed by atoms with Crippen molar-refractivity contribution in [3.05, 3.63) is 32.8 Å². The highest BCUT2D eigenvalue weighted by molar-refractivity contribution is 9.10. The summed E-state index contributed by atoms with van der Waals surface area (Å²) in [5, 5.41) is 0.756. The van der Waals surface area contributed by atoms with Crippen molar-refractivity contribution >= 4 is 27.5 Å². The minimum Gasteiger partial charge on any atom is -0.324 e. The van der Waals surface area contributed by atoms with Crippen LogP contribution < -0.4 is 5.73 Å². The van der Waals surface area contributed by atoms with Gasteiger partial charge in [0.15, 0.2) is 0 Å². The number of rotatable bonds is 0. The first-order valence-corrected chi connectivity index (χ1v) is 5.09. The van der Waals surface area contributed by atoms with Gasteiger partial charge in [0.1, 0.15) is 0 Å². The van der Waals surface area contributed by atoms with Crippen LogP contribution in [-0.2, 0) is 6.42 Å². The molecule has 1 aliphatic carbocycles. The molecule has 0 aliphatic heterocycles. The lowest BCUT2D eigenvalue weighted by Gasteiger charge is -2.05. The molecule has 3 heteroatoms. The topological polar surface area (TPSA) is 26.0 Å². The maximum absolute atomic E-state index is 5.96. The Labute approximate surface area is 85.0 Å². The van der Waals surface area contributed by atoms with E-state index in [0.717, 1.165) is 22.3 Å². The molecule has 1 aliphatic rings. The summed E-state index contributed by atoms with van der Waals surface area (Å²) in [6.07, 6.45) is 2.12. The molecular formula is C9H9BrClN. The van der Waals surface area contributed by atoms with Crippen LogP contribution in [-0.4, -0.2) is 0 Å². The van der Waals surface area contributed by atoms with Crippen molar-refractivity contribution in [3.8, 4) is 0 Å². The van der Waals surface area contributed by atoms with Crippen LogP contribution in [0.25, 0.3) is 0 Å². The van der Waals surface area contributed by atoms with Gasteiger partial charge in [-0.1, -0.05) is 11.6 Å². The average Bonchev–Trinajstić information content (AvgIpc) is 2.35. The summed E-state index contributed by atoms with van der Waals surface area (Å²) in [6, 6.07) is 4.23. The van der Waals surface area contributed by atoms with Gasteiger partial charge in [-0.3, -0.25) is 0 Å². The third kappa shape index (κ3) is 1.28. The fraction of sp³-hybridized carbons (Fsp3) is 0.333. The molecular weight excluding hydrogens is 237 g/mol. The van der Waals surface area contributed by atoms with Crippen molar-refractivity contribution in [1.29, 1.82) is 0 Å². The first-order valence-electron chi connectivity index (χ1n) is 3.92. The summed E-state index contributed by atoms with van der Waals surface area (Å²) in [7, 11) is 0. The predicted octanol–water partition coefficient (Wildman–Crippen LogP) is 3.05. The zero-order valence-corrected chi connectivity index (χ0v) is 8.82. The Kier molecular flexibility index (Phi) is 2.15. The number of nitrogens with two attached hydrogens (primary N) is 1. The smallest absolute Gasteiger partial charge is 0.0551 e. The van der Waals surface area contributed by atoms with Gasteiger partial charge < -0.3 is 5.73 Å². The predicted molar refractivity (Wildman–Crippen MR) is 54.4 cm³/mol. The minimum absolute atomic E-state index is 0.186. The maximum Gasteiger partial charge on any atom is 0.0551 e. The average molecular weight is 247 g/mol. The van der Waals surface area contributed by atoms with Crippen LogP contribution in [0.4, 0.5) is 0 Å². The molecule has 0 radical (unpaired) electrons. The standard InChI is InChI=1S/C9H9BrClN/c10-7-3-5-1-2-9(12)6(5)4-8(7)11/h3-4,9H,1-2,12H2/t9-/m0/s1. The van der Waals surface area contributed by atoms with Gasteiger partial charge in [-0.15, -0.1) is 0 Å². The van der Waals surface area contributed by atoms with Gasteiger partial charge >= 0.3 is 0 Å². The van der Waals surface area contributed by atoms with E-state index in [9.17, 15) is 0 Å². The summed E-state index contributed by atoms with van der Waals surface area (Å²) in [6.45, 7) is 0. The minimum atomic E-state index is 0.186. The normalized spacial score (nSPS) is 21.1. The van der Waals surface area contributed by atoms with Crippen LogP contribution in [0.5, 0.6) is 0 Å². The summed E-state index contributed by atoms with van der Waals surface area (Å²) in [4.78, 5) is 0. The van der Waals surface area contributed by atoms with E-state index in [1.165, 1.54) is 11.1 Å². The van der Waals surface area contributed by atoms with E-state index in [4.69, 9.17) is 17.3 Å². The maximum atomic E-state index is 5.96. The van der Waals surface area contributed by atoms with Crippen molar-refractivity contribution in [2.45, 2.75) is 18.9 Å². The van der Waals surface area contributed by atoms with Crippen LogP contribution >= 0.6 is 27.5 Å². The highest BCUT2D eigenvalue weighted by Gasteiger charge is 2.19. The van der Waals surface area contributed by atoms with E-state index in [-0.39, 0.29) is 6.04 Å². The van der Waals surface area contributed by atoms with Gasteiger partial charge in [0.2, 0.25) is 0 Å². The molecule has 0 amide bonds. The highest BCUT2D eigenvalue weighted by Crippen LogP contribution is 2.35. The Balaban J connectivity index is 2.56. The number of hydrogen-bond donors (Lipinski definition) is 1. The van der Waals surface area contributed by atoms with Gasteiger partial charge in [-0.2, -0.15) is 0 Å². The van der Waals surface area contributed by atoms with Crippen molar-refractivity contribution in [1.82, 2.24) is 0 Å². The zero-order chi connectivity index (χ0) is 8.72. The third-order valence-electron chi connectivity index (χ3n) is 2.31. The largest absolute Gasteiger partial charge is 0.324 e. The molecule has 1 aromatic carbocycles. The van der Waals surface area contributed by atoms with Crippen molar-refractivity contribution in [3.63, 3.8) is 0 Å². The lowest BCUT2D eigenvalue weighted by molar-refractivity contribution is 0.713. The molecule has 1 atom stereocenters. The number of fused-ring (bicyclic) bond motifs is 1. The monoisotopic (exact) mass is 245 g/mol. The van der Waals surface area contributed by atoms with Gasteiger partial charge in [-0.25, -0.2) is 0 Å². The highest BCUT2D eigenvalue weighted by atomic mass is 79.9. The first-order chi connectivity index (χ1) is 5.68. The number of benzene rings is 1. The van der Waals surface area contributed by atoms with Gasteiger partial charge in [0.05, 0.1) is 5.02 Å². The lowest BCUT2D eigenvalue weighted by atomic mass is 10.1.